The highest BCUT2D eigenvalue weighted by Crippen LogP contribution is 2.24. The fraction of sp³-hybridized carbons (Fsp3) is 0.381. The summed E-state index contributed by atoms with van der Waals surface area (Å²) in [7, 11) is 3.53. The van der Waals surface area contributed by atoms with Gasteiger partial charge >= 0.3 is 0 Å². The second-order valence-electron chi connectivity index (χ2n) is 6.92. The summed E-state index contributed by atoms with van der Waals surface area (Å²) in [5, 5.41) is 3.61. The second-order valence-corrected chi connectivity index (χ2v) is 7.35. The van der Waals surface area contributed by atoms with Crippen molar-refractivity contribution in [1.82, 2.24) is 4.90 Å². The van der Waals surface area contributed by atoms with Gasteiger partial charge in [0, 0.05) is 41.6 Å². The average Bonchev–Trinajstić information content (AvgIpc) is 3.17. The number of benzene rings is 2. The molecule has 1 N–H and O–H groups in total. The van der Waals surface area contributed by atoms with Crippen LogP contribution in [0.2, 0.25) is 5.02 Å². The summed E-state index contributed by atoms with van der Waals surface area (Å²) in [6.07, 6.45) is 2.50. The van der Waals surface area contributed by atoms with Crippen molar-refractivity contribution in [2.45, 2.75) is 19.4 Å². The number of nitrogens with zero attached hydrogens (tertiary/aromatic N) is 2. The molecule has 0 aliphatic carbocycles. The molecule has 1 saturated heterocycles. The molecule has 1 fully saturated rings. The Bertz CT molecular complexity index is 773. The number of carbonyl (C=O) groups excluding carboxylic acids is 1. The third kappa shape index (κ3) is 5.37. The number of hydrogen-bond donors (Lipinski definition) is 1. The van der Waals surface area contributed by atoms with E-state index >= 15 is 0 Å². The minimum Gasteiger partial charge on any atom is -0.496 e. The Kier molecular flexibility index (Phi) is 6.58. The van der Waals surface area contributed by atoms with E-state index in [0.717, 1.165) is 30.1 Å². The van der Waals surface area contributed by atoms with Crippen molar-refractivity contribution in [3.63, 3.8) is 0 Å². The lowest BCUT2D eigenvalue weighted by atomic mass is 10.2. The first-order chi connectivity index (χ1) is 13.0. The van der Waals surface area contributed by atoms with Gasteiger partial charge in [0.15, 0.2) is 0 Å². The largest absolute Gasteiger partial charge is 0.496 e. The number of halogens is 1. The quantitative estimate of drug-likeness (QED) is 0.779. The highest BCUT2D eigenvalue weighted by molar-refractivity contribution is 6.30. The molecule has 144 valence electrons. The van der Waals surface area contributed by atoms with Gasteiger partial charge in [-0.3, -0.25) is 9.69 Å². The van der Waals surface area contributed by atoms with E-state index in [1.54, 1.807) is 13.2 Å². The summed E-state index contributed by atoms with van der Waals surface area (Å²) in [4.78, 5) is 16.7. The summed E-state index contributed by atoms with van der Waals surface area (Å²) >= 11 is 6.07. The Morgan fingerprint density at radius 1 is 1.19 bits per heavy atom. The van der Waals surface area contributed by atoms with Crippen LogP contribution >= 0.6 is 11.6 Å². The molecule has 0 radical (unpaired) electrons. The van der Waals surface area contributed by atoms with E-state index in [1.165, 1.54) is 18.5 Å². The smallest absolute Gasteiger partial charge is 0.238 e. The summed E-state index contributed by atoms with van der Waals surface area (Å²) < 4.78 is 5.37. The minimum absolute atomic E-state index is 0.0487. The lowest BCUT2D eigenvalue weighted by Gasteiger charge is -2.19. The van der Waals surface area contributed by atoms with Crippen molar-refractivity contribution < 1.29 is 9.53 Å². The maximum Gasteiger partial charge on any atom is 0.238 e. The topological polar surface area (TPSA) is 44.8 Å². The molecular formula is C21H26ClN3O2. The molecule has 2 aromatic carbocycles. The highest BCUT2D eigenvalue weighted by atomic mass is 35.5. The van der Waals surface area contributed by atoms with Crippen molar-refractivity contribution >= 4 is 28.9 Å². The summed E-state index contributed by atoms with van der Waals surface area (Å²) in [5.74, 6) is 0.719. The van der Waals surface area contributed by atoms with E-state index in [0.29, 0.717) is 11.6 Å². The molecule has 27 heavy (non-hydrogen) atoms. The molecule has 6 heteroatoms. The SMILES string of the molecule is COc1ccc(Cl)cc1CN(C)CC(=O)Nc1ccc(N2CCCC2)cc1. The maximum atomic E-state index is 12.4. The Morgan fingerprint density at radius 2 is 1.89 bits per heavy atom. The van der Waals surface area contributed by atoms with Crippen molar-refractivity contribution in [1.29, 1.82) is 0 Å². The van der Waals surface area contributed by atoms with Crippen LogP contribution in [0.25, 0.3) is 0 Å². The molecule has 5 nitrogen and oxygen atoms in total. The van der Waals surface area contributed by atoms with Gasteiger partial charge in [0.05, 0.1) is 13.7 Å². The summed E-state index contributed by atoms with van der Waals surface area (Å²) in [5.41, 5.74) is 2.99. The monoisotopic (exact) mass is 387 g/mol. The van der Waals surface area contributed by atoms with E-state index in [4.69, 9.17) is 16.3 Å². The van der Waals surface area contributed by atoms with Gasteiger partial charge in [-0.1, -0.05) is 11.6 Å². The molecule has 0 spiro atoms. The molecule has 0 bridgehead atoms. The molecule has 0 aromatic heterocycles. The number of anilines is 2. The third-order valence-corrected chi connectivity index (χ3v) is 4.95. The molecule has 0 atom stereocenters. The zero-order valence-corrected chi connectivity index (χ0v) is 16.6. The van der Waals surface area contributed by atoms with E-state index in [9.17, 15) is 4.79 Å². The van der Waals surface area contributed by atoms with Gasteiger partial charge in [0.25, 0.3) is 0 Å². The van der Waals surface area contributed by atoms with Crippen LogP contribution in [0.15, 0.2) is 42.5 Å². The number of methoxy groups -OCH3 is 1. The van der Waals surface area contributed by atoms with E-state index < -0.39 is 0 Å². The highest BCUT2D eigenvalue weighted by Gasteiger charge is 2.13. The van der Waals surface area contributed by atoms with Crippen LogP contribution in [0.5, 0.6) is 5.75 Å². The molecule has 0 unspecified atom stereocenters. The molecular weight excluding hydrogens is 362 g/mol. The summed E-state index contributed by atoms with van der Waals surface area (Å²) in [6.45, 7) is 3.08. The standard InChI is InChI=1S/C21H26ClN3O2/c1-24(14-16-13-17(22)5-10-20(16)27-2)15-21(26)23-18-6-8-19(9-7-18)25-11-3-4-12-25/h5-10,13H,3-4,11-12,14-15H2,1-2H3,(H,23,26). The molecule has 2 aromatic rings. The maximum absolute atomic E-state index is 12.4. The molecule has 0 saturated carbocycles. The van der Waals surface area contributed by atoms with Gasteiger partial charge in [-0.15, -0.1) is 0 Å². The Hall–Kier alpha value is -2.24. The van der Waals surface area contributed by atoms with Crippen LogP contribution in [-0.4, -0.2) is 44.6 Å². The molecule has 1 aliphatic heterocycles. The van der Waals surface area contributed by atoms with Crippen LogP contribution in [0, 0.1) is 0 Å². The van der Waals surface area contributed by atoms with Gasteiger partial charge in [-0.2, -0.15) is 0 Å². The van der Waals surface area contributed by atoms with E-state index in [-0.39, 0.29) is 12.5 Å². The predicted molar refractivity (Wildman–Crippen MR) is 111 cm³/mol. The van der Waals surface area contributed by atoms with Crippen molar-refractivity contribution in [3.8, 4) is 5.75 Å². The average molecular weight is 388 g/mol. The number of carbonyl (C=O) groups is 1. The van der Waals surface area contributed by atoms with Crippen molar-refractivity contribution in [2.24, 2.45) is 0 Å². The van der Waals surface area contributed by atoms with Crippen molar-refractivity contribution in [3.05, 3.63) is 53.1 Å². The summed E-state index contributed by atoms with van der Waals surface area (Å²) in [6, 6.07) is 13.6. The lowest BCUT2D eigenvalue weighted by Crippen LogP contribution is -2.30. The Balaban J connectivity index is 1.53. The first kappa shape index (κ1) is 19.5. The number of nitrogens with one attached hydrogen (secondary N) is 1. The zero-order valence-electron chi connectivity index (χ0n) is 15.9. The van der Waals surface area contributed by atoms with Crippen LogP contribution in [0.1, 0.15) is 18.4 Å². The molecule has 1 aliphatic rings. The first-order valence-corrected chi connectivity index (χ1v) is 9.59. The number of amides is 1. The Morgan fingerprint density at radius 3 is 2.56 bits per heavy atom. The van der Waals surface area contributed by atoms with Gasteiger partial charge in [-0.25, -0.2) is 0 Å². The minimum atomic E-state index is -0.0487. The second kappa shape index (κ2) is 9.11. The molecule has 1 amide bonds. The fourth-order valence-electron chi connectivity index (χ4n) is 3.39. The van der Waals surface area contributed by atoms with E-state index in [1.807, 2.05) is 36.2 Å². The van der Waals surface area contributed by atoms with E-state index in [2.05, 4.69) is 22.3 Å². The molecule has 1 heterocycles. The number of ether oxygens (including phenoxy) is 1. The van der Waals surface area contributed by atoms with Crippen LogP contribution in [0.4, 0.5) is 11.4 Å². The number of hydrogen-bond acceptors (Lipinski definition) is 4. The third-order valence-electron chi connectivity index (χ3n) is 4.72. The predicted octanol–water partition coefficient (Wildman–Crippen LogP) is 4.02. The van der Waals surface area contributed by atoms with Gasteiger partial charge in [0.2, 0.25) is 5.91 Å². The van der Waals surface area contributed by atoms with Crippen LogP contribution in [-0.2, 0) is 11.3 Å². The fourth-order valence-corrected chi connectivity index (χ4v) is 3.59. The number of rotatable bonds is 7. The Labute approximate surface area is 165 Å². The lowest BCUT2D eigenvalue weighted by molar-refractivity contribution is -0.117. The molecule has 3 rings (SSSR count). The van der Waals surface area contributed by atoms with Crippen LogP contribution < -0.4 is 15.0 Å². The zero-order chi connectivity index (χ0) is 19.2. The van der Waals surface area contributed by atoms with Gasteiger partial charge in [0.1, 0.15) is 5.75 Å². The van der Waals surface area contributed by atoms with Gasteiger partial charge < -0.3 is 15.0 Å². The van der Waals surface area contributed by atoms with Gasteiger partial charge in [-0.05, 0) is 62.4 Å². The first-order valence-electron chi connectivity index (χ1n) is 9.21. The number of likely N-dealkylation sites (N-methyl/N-ethyl adjacent to an activating group) is 1. The normalized spacial score (nSPS) is 13.9. The van der Waals surface area contributed by atoms with Crippen molar-refractivity contribution in [2.75, 3.05) is 44.0 Å². The van der Waals surface area contributed by atoms with Crippen LogP contribution in [0.3, 0.4) is 0 Å².